The Kier molecular flexibility index (Phi) is 58.7. The lowest BCUT2D eigenvalue weighted by Gasteiger charge is -2.18. The first kappa shape index (κ1) is 69.8. The van der Waals surface area contributed by atoms with Crippen LogP contribution in [0, 0.1) is 0 Å². The summed E-state index contributed by atoms with van der Waals surface area (Å²) in [6.07, 6.45) is 79.2. The Morgan fingerprint density at radius 1 is 0.288 bits per heavy atom. The number of carbonyl (C=O) groups is 3. The topological polar surface area (TPSA) is 78.9 Å². The van der Waals surface area contributed by atoms with Crippen LogP contribution in [-0.4, -0.2) is 37.2 Å². The third-order valence-corrected chi connectivity index (χ3v) is 13.7. The van der Waals surface area contributed by atoms with Crippen molar-refractivity contribution < 1.29 is 28.6 Å². The molecule has 0 bridgehead atoms. The maximum Gasteiger partial charge on any atom is 0.306 e. The fraction of sp³-hybridized carbons (Fsp3) is 0.776. The number of hydrogen-bond donors (Lipinski definition) is 0. The molecule has 0 aliphatic carbocycles. The van der Waals surface area contributed by atoms with Gasteiger partial charge in [-0.15, -0.1) is 0 Å². The molecule has 0 radical (unpaired) electrons. The molecule has 0 aromatic heterocycles. The van der Waals surface area contributed by atoms with Crippen LogP contribution in [0.1, 0.15) is 316 Å². The summed E-state index contributed by atoms with van der Waals surface area (Å²) in [6, 6.07) is 0. The third kappa shape index (κ3) is 59.6. The van der Waals surface area contributed by atoms with Gasteiger partial charge < -0.3 is 14.2 Å². The molecule has 0 aromatic carbocycles. The Hall–Kier alpha value is -3.15. The Bertz CT molecular complexity index is 1360. The van der Waals surface area contributed by atoms with Crippen molar-refractivity contribution in [1.82, 2.24) is 0 Å². The zero-order valence-corrected chi connectivity index (χ0v) is 48.4. The van der Waals surface area contributed by atoms with Gasteiger partial charge in [0.25, 0.3) is 0 Å². The Morgan fingerprint density at radius 2 is 0.534 bits per heavy atom. The molecule has 0 heterocycles. The second-order valence-electron chi connectivity index (χ2n) is 20.9. The van der Waals surface area contributed by atoms with Gasteiger partial charge in [-0.05, 0) is 109 Å². The molecule has 0 amide bonds. The summed E-state index contributed by atoms with van der Waals surface area (Å²) in [5.41, 5.74) is 0. The minimum absolute atomic E-state index is 0.0933. The molecule has 1 unspecified atom stereocenters. The maximum atomic E-state index is 12.9. The normalized spacial score (nSPS) is 12.5. The predicted octanol–water partition coefficient (Wildman–Crippen LogP) is 21.3. The van der Waals surface area contributed by atoms with Gasteiger partial charge in [-0.2, -0.15) is 0 Å². The molecule has 0 fully saturated rings. The van der Waals surface area contributed by atoms with Crippen LogP contribution in [0.5, 0.6) is 0 Å². The first-order chi connectivity index (χ1) is 36.0. The number of unbranched alkanes of at least 4 members (excludes halogenated alkanes) is 34. The average Bonchev–Trinajstić information content (AvgIpc) is 3.39. The molecule has 0 aromatic rings. The monoisotopic (exact) mass is 1020 g/mol. The molecule has 0 aliphatic rings. The summed E-state index contributed by atoms with van der Waals surface area (Å²) in [5.74, 6) is -0.932. The van der Waals surface area contributed by atoms with Gasteiger partial charge in [0.1, 0.15) is 13.2 Å². The van der Waals surface area contributed by atoms with Gasteiger partial charge in [-0.1, -0.05) is 261 Å². The van der Waals surface area contributed by atoms with E-state index in [0.717, 1.165) is 83.5 Å². The molecule has 1 atom stereocenters. The van der Waals surface area contributed by atoms with Crippen LogP contribution in [0.4, 0.5) is 0 Å². The van der Waals surface area contributed by atoms with Crippen LogP contribution in [0.15, 0.2) is 72.9 Å². The molecule has 73 heavy (non-hydrogen) atoms. The van der Waals surface area contributed by atoms with Crippen LogP contribution < -0.4 is 0 Å². The van der Waals surface area contributed by atoms with Crippen LogP contribution in [0.25, 0.3) is 0 Å². The fourth-order valence-corrected chi connectivity index (χ4v) is 8.95. The van der Waals surface area contributed by atoms with E-state index in [2.05, 4.69) is 93.7 Å². The van der Waals surface area contributed by atoms with E-state index in [-0.39, 0.29) is 37.5 Å². The van der Waals surface area contributed by atoms with Gasteiger partial charge in [0, 0.05) is 19.3 Å². The second-order valence-corrected chi connectivity index (χ2v) is 20.9. The minimum atomic E-state index is -0.801. The van der Waals surface area contributed by atoms with Crippen LogP contribution in [0.3, 0.4) is 0 Å². The Balaban J connectivity index is 4.32. The van der Waals surface area contributed by atoms with Gasteiger partial charge in [0.2, 0.25) is 0 Å². The van der Waals surface area contributed by atoms with Crippen molar-refractivity contribution >= 4 is 17.9 Å². The number of carbonyl (C=O) groups excluding carboxylic acids is 3. The predicted molar refractivity (Wildman–Crippen MR) is 316 cm³/mol. The molecule has 0 saturated heterocycles. The van der Waals surface area contributed by atoms with Crippen LogP contribution in [-0.2, 0) is 28.6 Å². The maximum absolute atomic E-state index is 12.9. The molecule has 0 N–H and O–H groups in total. The Morgan fingerprint density at radius 3 is 0.877 bits per heavy atom. The number of ether oxygens (including phenoxy) is 3. The first-order valence-corrected chi connectivity index (χ1v) is 31.4. The molecule has 0 spiro atoms. The van der Waals surface area contributed by atoms with E-state index in [9.17, 15) is 14.4 Å². The van der Waals surface area contributed by atoms with E-state index in [4.69, 9.17) is 14.2 Å². The van der Waals surface area contributed by atoms with E-state index in [1.165, 1.54) is 186 Å². The smallest absolute Gasteiger partial charge is 0.306 e. The summed E-state index contributed by atoms with van der Waals surface area (Å²) < 4.78 is 16.9. The van der Waals surface area contributed by atoms with E-state index in [1.807, 2.05) is 0 Å². The first-order valence-electron chi connectivity index (χ1n) is 31.4. The van der Waals surface area contributed by atoms with Crippen molar-refractivity contribution in [1.29, 1.82) is 0 Å². The molecule has 6 heteroatoms. The molecule has 0 aliphatic heterocycles. The standard InChI is InChI=1S/C67H118O6/c1-4-7-10-13-16-19-22-25-28-29-30-31-32-33-34-35-36-37-40-42-45-48-51-54-57-60-66(69)72-63-64(73-67(70)61-58-55-52-49-46-43-39-27-24-21-18-15-12-9-6-3)62-71-65(68)59-56-53-50-47-44-41-38-26-23-20-17-14-11-8-5-2/h9,12,18,21,26-27,29-30,38-39,46,49,64H,4-8,10-11,13-17,19-20,22-25,28,31-37,40-45,47-48,50-63H2,1-3H3/b12-9-,21-18-,30-29-,38-26-,39-27-,49-46-. The summed E-state index contributed by atoms with van der Waals surface area (Å²) in [6.45, 7) is 6.51. The number of hydrogen-bond acceptors (Lipinski definition) is 6. The van der Waals surface area contributed by atoms with E-state index < -0.39 is 6.10 Å². The van der Waals surface area contributed by atoms with Crippen molar-refractivity contribution in [3.8, 4) is 0 Å². The van der Waals surface area contributed by atoms with Gasteiger partial charge in [-0.25, -0.2) is 0 Å². The lowest BCUT2D eigenvalue weighted by molar-refractivity contribution is -0.167. The van der Waals surface area contributed by atoms with Crippen molar-refractivity contribution in [3.63, 3.8) is 0 Å². The highest BCUT2D eigenvalue weighted by Gasteiger charge is 2.19. The lowest BCUT2D eigenvalue weighted by Crippen LogP contribution is -2.30. The van der Waals surface area contributed by atoms with Gasteiger partial charge >= 0.3 is 17.9 Å². The number of rotatable bonds is 57. The lowest BCUT2D eigenvalue weighted by atomic mass is 10.0. The minimum Gasteiger partial charge on any atom is -0.462 e. The van der Waals surface area contributed by atoms with Crippen molar-refractivity contribution in [2.24, 2.45) is 0 Å². The summed E-state index contributed by atoms with van der Waals surface area (Å²) in [7, 11) is 0. The van der Waals surface area contributed by atoms with Crippen molar-refractivity contribution in [2.75, 3.05) is 13.2 Å². The van der Waals surface area contributed by atoms with Crippen molar-refractivity contribution in [2.45, 2.75) is 322 Å². The largest absolute Gasteiger partial charge is 0.462 e. The summed E-state index contributed by atoms with van der Waals surface area (Å²) in [5, 5.41) is 0. The highest BCUT2D eigenvalue weighted by Crippen LogP contribution is 2.16. The SMILES string of the molecule is CC/C=C\C/C=C\C/C=C\C/C=C\CCCCC(=O)OC(COC(=O)CCCCCCC/C=C\CCCCCCCC)COC(=O)CCCCCCCCCCCCCCC/C=C\CCCCCCCCCC. The number of allylic oxidation sites excluding steroid dienone is 12. The average molecular weight is 1020 g/mol. The van der Waals surface area contributed by atoms with Crippen molar-refractivity contribution in [3.05, 3.63) is 72.9 Å². The zero-order chi connectivity index (χ0) is 52.9. The third-order valence-electron chi connectivity index (χ3n) is 13.7. The van der Waals surface area contributed by atoms with Gasteiger partial charge in [0.15, 0.2) is 6.10 Å². The van der Waals surface area contributed by atoms with Gasteiger partial charge in [-0.3, -0.25) is 14.4 Å². The van der Waals surface area contributed by atoms with E-state index in [0.29, 0.717) is 19.3 Å². The second kappa shape index (κ2) is 61.4. The van der Waals surface area contributed by atoms with E-state index >= 15 is 0 Å². The van der Waals surface area contributed by atoms with Gasteiger partial charge in [0.05, 0.1) is 0 Å². The highest BCUT2D eigenvalue weighted by atomic mass is 16.6. The van der Waals surface area contributed by atoms with E-state index in [1.54, 1.807) is 0 Å². The molecule has 0 saturated carbocycles. The summed E-state index contributed by atoms with van der Waals surface area (Å²) >= 11 is 0. The Labute approximate surface area is 453 Å². The van der Waals surface area contributed by atoms with Crippen LogP contribution in [0.2, 0.25) is 0 Å². The molecule has 0 rings (SSSR count). The quantitative estimate of drug-likeness (QED) is 0.0261. The fourth-order valence-electron chi connectivity index (χ4n) is 8.95. The van der Waals surface area contributed by atoms with Crippen LogP contribution >= 0.6 is 0 Å². The molecule has 6 nitrogen and oxygen atoms in total. The molecular weight excluding hydrogens is 901 g/mol. The molecule has 422 valence electrons. The zero-order valence-electron chi connectivity index (χ0n) is 48.4. The number of esters is 3. The summed E-state index contributed by atoms with van der Waals surface area (Å²) in [4.78, 5) is 38.2. The molecular formula is C67H118O6. The highest BCUT2D eigenvalue weighted by molar-refractivity contribution is 5.71.